The molecule has 1 aromatic heterocycles. The second-order valence-corrected chi connectivity index (χ2v) is 4.10. The Morgan fingerprint density at radius 2 is 1.85 bits per heavy atom. The minimum absolute atomic E-state index is 0.466. The van der Waals surface area contributed by atoms with Gasteiger partial charge in [0.1, 0.15) is 6.04 Å². The Kier molecular flexibility index (Phi) is 6.25. The van der Waals surface area contributed by atoms with Crippen molar-refractivity contribution >= 4 is 16.9 Å². The van der Waals surface area contributed by atoms with E-state index in [4.69, 9.17) is 5.11 Å². The van der Waals surface area contributed by atoms with E-state index >= 15 is 0 Å². The second-order valence-electron chi connectivity index (χ2n) is 4.10. The van der Waals surface area contributed by atoms with Crippen LogP contribution in [0.15, 0.2) is 24.3 Å². The number of carboxylic acids is 1. The van der Waals surface area contributed by atoms with Gasteiger partial charge in [0.2, 0.25) is 0 Å². The first-order valence-corrected chi connectivity index (χ1v) is 7.30. The lowest BCUT2D eigenvalue weighted by atomic mass is 9.99. The Morgan fingerprint density at radius 1 is 1.20 bits per heavy atom. The molecule has 2 heterocycles. The SMILES string of the molecule is CC.CC.O=C(O)C1Cc2c([nH]c3ccccc23)CN1. The fraction of sp³-hybridized carbons (Fsp3) is 0.438. The monoisotopic (exact) mass is 276 g/mol. The molecule has 1 aromatic carbocycles. The van der Waals surface area contributed by atoms with Gasteiger partial charge in [-0.3, -0.25) is 10.1 Å². The molecule has 1 aliphatic heterocycles. The molecule has 0 fully saturated rings. The molecule has 0 aliphatic carbocycles. The zero-order valence-electron chi connectivity index (χ0n) is 12.7. The number of carbonyl (C=O) groups is 1. The molecule has 1 aliphatic rings. The Balaban J connectivity index is 0.000000461. The fourth-order valence-corrected chi connectivity index (χ4v) is 2.32. The summed E-state index contributed by atoms with van der Waals surface area (Å²) in [6.07, 6.45) is 0.550. The molecule has 0 spiro atoms. The van der Waals surface area contributed by atoms with Gasteiger partial charge in [0.05, 0.1) is 0 Å². The van der Waals surface area contributed by atoms with Gasteiger partial charge in [-0.25, -0.2) is 0 Å². The van der Waals surface area contributed by atoms with Crippen molar-refractivity contribution in [2.45, 2.75) is 46.7 Å². The van der Waals surface area contributed by atoms with Crippen LogP contribution in [0.3, 0.4) is 0 Å². The summed E-state index contributed by atoms with van der Waals surface area (Å²) in [6, 6.07) is 7.55. The molecule has 0 radical (unpaired) electrons. The molecule has 3 N–H and O–H groups in total. The Hall–Kier alpha value is -1.81. The third-order valence-corrected chi connectivity index (χ3v) is 3.13. The van der Waals surface area contributed by atoms with E-state index in [1.807, 2.05) is 52.0 Å². The summed E-state index contributed by atoms with van der Waals surface area (Å²) < 4.78 is 0. The Labute approximate surface area is 120 Å². The summed E-state index contributed by atoms with van der Waals surface area (Å²) in [5.41, 5.74) is 3.33. The molecule has 0 saturated heterocycles. The lowest BCUT2D eigenvalue weighted by Crippen LogP contribution is -2.41. The van der Waals surface area contributed by atoms with Crippen LogP contribution in [0.25, 0.3) is 10.9 Å². The molecular weight excluding hydrogens is 252 g/mol. The maximum Gasteiger partial charge on any atom is 0.321 e. The average Bonchev–Trinajstić information content (AvgIpc) is 2.89. The number of aromatic amines is 1. The van der Waals surface area contributed by atoms with Crippen LogP contribution in [0.5, 0.6) is 0 Å². The highest BCUT2D eigenvalue weighted by Gasteiger charge is 2.26. The molecule has 1 atom stereocenters. The van der Waals surface area contributed by atoms with Crippen molar-refractivity contribution in [3.05, 3.63) is 35.5 Å². The predicted molar refractivity (Wildman–Crippen MR) is 83.0 cm³/mol. The summed E-state index contributed by atoms with van der Waals surface area (Å²) in [5, 5.41) is 13.1. The van der Waals surface area contributed by atoms with Crippen molar-refractivity contribution in [1.29, 1.82) is 0 Å². The van der Waals surface area contributed by atoms with Crippen LogP contribution in [0.4, 0.5) is 0 Å². The Morgan fingerprint density at radius 3 is 2.50 bits per heavy atom. The van der Waals surface area contributed by atoms with E-state index in [0.717, 1.165) is 22.2 Å². The first-order valence-electron chi connectivity index (χ1n) is 7.30. The quantitative estimate of drug-likeness (QED) is 0.748. The third kappa shape index (κ3) is 3.20. The van der Waals surface area contributed by atoms with Crippen molar-refractivity contribution < 1.29 is 9.90 Å². The van der Waals surface area contributed by atoms with Crippen molar-refractivity contribution in [3.63, 3.8) is 0 Å². The topological polar surface area (TPSA) is 65.1 Å². The van der Waals surface area contributed by atoms with Gasteiger partial charge in [-0.1, -0.05) is 45.9 Å². The maximum atomic E-state index is 10.9. The van der Waals surface area contributed by atoms with Gasteiger partial charge in [0.25, 0.3) is 0 Å². The van der Waals surface area contributed by atoms with E-state index in [1.54, 1.807) is 0 Å². The van der Waals surface area contributed by atoms with Gasteiger partial charge in [0.15, 0.2) is 0 Å². The van der Waals surface area contributed by atoms with E-state index in [-0.39, 0.29) is 0 Å². The van der Waals surface area contributed by atoms with Gasteiger partial charge in [-0.05, 0) is 11.6 Å². The van der Waals surface area contributed by atoms with E-state index < -0.39 is 12.0 Å². The van der Waals surface area contributed by atoms with Crippen LogP contribution in [0.2, 0.25) is 0 Å². The van der Waals surface area contributed by atoms with Gasteiger partial charge >= 0.3 is 5.97 Å². The molecule has 110 valence electrons. The number of benzene rings is 1. The second kappa shape index (κ2) is 7.70. The number of H-pyrrole nitrogens is 1. The number of fused-ring (bicyclic) bond motifs is 3. The smallest absolute Gasteiger partial charge is 0.321 e. The van der Waals surface area contributed by atoms with E-state index in [0.29, 0.717) is 13.0 Å². The highest BCUT2D eigenvalue weighted by molar-refractivity contribution is 5.86. The Bertz CT molecular complexity index is 561. The zero-order valence-corrected chi connectivity index (χ0v) is 12.7. The van der Waals surface area contributed by atoms with Crippen LogP contribution in [-0.4, -0.2) is 22.1 Å². The lowest BCUT2D eigenvalue weighted by Gasteiger charge is -2.20. The van der Waals surface area contributed by atoms with Crippen LogP contribution in [-0.2, 0) is 17.8 Å². The first-order chi connectivity index (χ1) is 9.75. The molecule has 4 nitrogen and oxygen atoms in total. The van der Waals surface area contributed by atoms with Gasteiger partial charge in [-0.2, -0.15) is 0 Å². The molecule has 4 heteroatoms. The molecule has 0 bridgehead atoms. The third-order valence-electron chi connectivity index (χ3n) is 3.13. The fourth-order valence-electron chi connectivity index (χ4n) is 2.32. The number of nitrogens with one attached hydrogen (secondary N) is 2. The maximum absolute atomic E-state index is 10.9. The number of rotatable bonds is 1. The highest BCUT2D eigenvalue weighted by atomic mass is 16.4. The molecule has 2 aromatic rings. The summed E-state index contributed by atoms with van der Waals surface area (Å²) >= 11 is 0. The first kappa shape index (κ1) is 16.2. The van der Waals surface area contributed by atoms with Gasteiger partial charge in [0, 0.05) is 29.6 Å². The largest absolute Gasteiger partial charge is 0.480 e. The number of aromatic nitrogens is 1. The molecule has 0 saturated carbocycles. The van der Waals surface area contributed by atoms with Crippen molar-refractivity contribution in [3.8, 4) is 0 Å². The number of hydrogen-bond donors (Lipinski definition) is 3. The summed E-state index contributed by atoms with van der Waals surface area (Å²) in [5.74, 6) is -0.782. The van der Waals surface area contributed by atoms with Crippen molar-refractivity contribution in [1.82, 2.24) is 10.3 Å². The average molecular weight is 276 g/mol. The highest BCUT2D eigenvalue weighted by Crippen LogP contribution is 2.26. The van der Waals surface area contributed by atoms with E-state index in [2.05, 4.69) is 10.3 Å². The van der Waals surface area contributed by atoms with Crippen molar-refractivity contribution in [2.24, 2.45) is 0 Å². The van der Waals surface area contributed by atoms with Crippen LogP contribution in [0.1, 0.15) is 39.0 Å². The molecule has 1 unspecified atom stereocenters. The lowest BCUT2D eigenvalue weighted by molar-refractivity contribution is -0.139. The molecule has 0 amide bonds. The summed E-state index contributed by atoms with van der Waals surface area (Å²) in [7, 11) is 0. The van der Waals surface area contributed by atoms with Crippen molar-refractivity contribution in [2.75, 3.05) is 0 Å². The molecule has 3 rings (SSSR count). The van der Waals surface area contributed by atoms with Crippen LogP contribution >= 0.6 is 0 Å². The standard InChI is InChI=1S/C12H12N2O2.2C2H6/c15-12(16)10-5-8-7-3-1-2-4-9(7)14-11(8)6-13-10;2*1-2/h1-4,10,13-14H,5-6H2,(H,15,16);2*1-2H3. The number of carboxylic acid groups (broad SMARTS) is 1. The molecular formula is C16H24N2O2. The van der Waals surface area contributed by atoms with Gasteiger partial charge in [-0.15, -0.1) is 0 Å². The summed E-state index contributed by atoms with van der Waals surface area (Å²) in [6.45, 7) is 8.60. The summed E-state index contributed by atoms with van der Waals surface area (Å²) in [4.78, 5) is 14.3. The number of para-hydroxylation sites is 1. The minimum Gasteiger partial charge on any atom is -0.480 e. The van der Waals surface area contributed by atoms with E-state index in [1.165, 1.54) is 0 Å². The number of aliphatic carboxylic acids is 1. The molecule has 20 heavy (non-hydrogen) atoms. The normalized spacial score (nSPS) is 16.3. The minimum atomic E-state index is -0.782. The van der Waals surface area contributed by atoms with E-state index in [9.17, 15) is 4.79 Å². The van der Waals surface area contributed by atoms with Crippen LogP contribution in [0, 0.1) is 0 Å². The predicted octanol–water partition coefficient (Wildman–Crippen LogP) is 3.32. The number of hydrogen-bond acceptors (Lipinski definition) is 2. The zero-order chi connectivity index (χ0) is 15.1. The van der Waals surface area contributed by atoms with Crippen LogP contribution < -0.4 is 5.32 Å². The van der Waals surface area contributed by atoms with Gasteiger partial charge < -0.3 is 10.1 Å².